The number of hydrogen-bond donors (Lipinski definition) is 2. The molecule has 2 rings (SSSR count). The Balaban J connectivity index is 1.87. The van der Waals surface area contributed by atoms with E-state index in [1.54, 1.807) is 0 Å². The van der Waals surface area contributed by atoms with Crippen molar-refractivity contribution in [2.45, 2.75) is 48.3 Å². The topological polar surface area (TPSA) is 55.1 Å². The number of nitrogens with two attached hydrogens (primary N) is 1. The van der Waals surface area contributed by atoms with Gasteiger partial charge in [0.15, 0.2) is 0 Å². The predicted molar refractivity (Wildman–Crippen MR) is 84.6 cm³/mol. The van der Waals surface area contributed by atoms with Gasteiger partial charge in [-0.15, -0.1) is 24.1 Å². The Morgan fingerprint density at radius 3 is 2.65 bits per heavy atom. The summed E-state index contributed by atoms with van der Waals surface area (Å²) in [6.07, 6.45) is 10.7. The molecule has 106 valence electrons. The van der Waals surface area contributed by atoms with Crippen molar-refractivity contribution in [1.82, 2.24) is 0 Å². The second-order valence-corrected chi connectivity index (χ2v) is 6.43. The molecule has 0 spiro atoms. The van der Waals surface area contributed by atoms with E-state index in [4.69, 9.17) is 12.2 Å². The van der Waals surface area contributed by atoms with Crippen LogP contribution in [0.1, 0.15) is 32.1 Å². The molecule has 1 atom stereocenters. The highest BCUT2D eigenvalue weighted by Gasteiger charge is 2.16. The van der Waals surface area contributed by atoms with E-state index in [1.807, 2.05) is 36.0 Å². The zero-order valence-corrected chi connectivity index (χ0v) is 12.3. The molecule has 0 aromatic heterocycles. The third-order valence-corrected chi connectivity index (χ3v) is 4.75. The third-order valence-electron chi connectivity index (χ3n) is 3.40. The maximum absolute atomic E-state index is 11.7. The van der Waals surface area contributed by atoms with Crippen molar-refractivity contribution >= 4 is 23.4 Å². The molecule has 20 heavy (non-hydrogen) atoms. The van der Waals surface area contributed by atoms with Crippen LogP contribution in [-0.2, 0) is 4.79 Å². The van der Waals surface area contributed by atoms with E-state index in [-0.39, 0.29) is 12.3 Å². The Bertz CT molecular complexity index is 486. The minimum Gasteiger partial charge on any atom is -0.325 e. The zero-order chi connectivity index (χ0) is 14.4. The van der Waals surface area contributed by atoms with Gasteiger partial charge < -0.3 is 11.1 Å². The van der Waals surface area contributed by atoms with Crippen LogP contribution in [0.2, 0.25) is 0 Å². The number of rotatable bonds is 5. The maximum atomic E-state index is 11.7. The summed E-state index contributed by atoms with van der Waals surface area (Å²) in [6, 6.07) is 7.28. The van der Waals surface area contributed by atoms with E-state index in [2.05, 4.69) is 11.2 Å². The van der Waals surface area contributed by atoms with Gasteiger partial charge in [-0.2, -0.15) is 0 Å². The number of amides is 1. The smallest absolute Gasteiger partial charge is 0.242 e. The Morgan fingerprint density at radius 1 is 1.40 bits per heavy atom. The Labute approximate surface area is 124 Å². The van der Waals surface area contributed by atoms with Gasteiger partial charge in [0.2, 0.25) is 5.91 Å². The number of carbonyl (C=O) groups is 1. The zero-order valence-electron chi connectivity index (χ0n) is 11.5. The normalized spacial score (nSPS) is 16.6. The van der Waals surface area contributed by atoms with Gasteiger partial charge in [-0.1, -0.05) is 12.8 Å². The van der Waals surface area contributed by atoms with E-state index in [0.717, 1.165) is 10.9 Å². The van der Waals surface area contributed by atoms with Crippen LogP contribution in [0.25, 0.3) is 0 Å². The number of terminal acetylenes is 1. The van der Waals surface area contributed by atoms with E-state index in [0.29, 0.717) is 0 Å². The van der Waals surface area contributed by atoms with Gasteiger partial charge in [-0.3, -0.25) is 4.79 Å². The summed E-state index contributed by atoms with van der Waals surface area (Å²) >= 11 is 1.93. The van der Waals surface area contributed by atoms with Crippen LogP contribution in [0.3, 0.4) is 0 Å². The van der Waals surface area contributed by atoms with Crippen molar-refractivity contribution < 1.29 is 4.79 Å². The highest BCUT2D eigenvalue weighted by Crippen LogP contribution is 2.34. The lowest BCUT2D eigenvalue weighted by Gasteiger charge is -2.11. The number of nitrogens with one attached hydrogen (secondary N) is 1. The monoisotopic (exact) mass is 288 g/mol. The molecular weight excluding hydrogens is 268 g/mol. The molecule has 1 aliphatic carbocycles. The lowest BCUT2D eigenvalue weighted by atomic mass is 10.2. The van der Waals surface area contributed by atoms with Crippen molar-refractivity contribution in [2.75, 3.05) is 5.32 Å². The molecule has 1 fully saturated rings. The summed E-state index contributed by atoms with van der Waals surface area (Å²) < 4.78 is 0. The Hall–Kier alpha value is -1.44. The summed E-state index contributed by atoms with van der Waals surface area (Å²) in [7, 11) is 0. The average molecular weight is 288 g/mol. The molecule has 0 aliphatic heterocycles. The number of benzene rings is 1. The summed E-state index contributed by atoms with van der Waals surface area (Å²) in [5.74, 6) is 2.16. The summed E-state index contributed by atoms with van der Waals surface area (Å²) in [4.78, 5) is 13.0. The largest absolute Gasteiger partial charge is 0.325 e. The Kier molecular flexibility index (Phi) is 5.51. The van der Waals surface area contributed by atoms with Crippen LogP contribution < -0.4 is 11.1 Å². The minimum atomic E-state index is -0.646. The van der Waals surface area contributed by atoms with Gasteiger partial charge in [0.25, 0.3) is 0 Å². The highest BCUT2D eigenvalue weighted by atomic mass is 32.2. The predicted octanol–water partition coefficient (Wildman–Crippen LogP) is 3.01. The van der Waals surface area contributed by atoms with Crippen LogP contribution in [0, 0.1) is 12.3 Å². The second kappa shape index (κ2) is 7.37. The van der Waals surface area contributed by atoms with E-state index in [9.17, 15) is 4.79 Å². The standard InChI is InChI=1S/C16H20N2OS/c1-2-5-15(17)16(19)18-12-8-10-14(11-9-12)20-13-6-3-4-7-13/h1,8-11,13,15H,3-7,17H2,(H,18,19). The van der Waals surface area contributed by atoms with Crippen molar-refractivity contribution in [2.24, 2.45) is 5.73 Å². The quantitative estimate of drug-likeness (QED) is 0.819. The molecule has 0 heterocycles. The molecule has 1 aromatic rings. The molecule has 0 bridgehead atoms. The SMILES string of the molecule is C#CCC(N)C(=O)Nc1ccc(SC2CCCC2)cc1. The first-order valence-electron chi connectivity index (χ1n) is 6.95. The van der Waals surface area contributed by atoms with Crippen LogP contribution in [0.5, 0.6) is 0 Å². The molecule has 3 nitrogen and oxygen atoms in total. The molecule has 0 saturated heterocycles. The molecule has 0 radical (unpaired) electrons. The van der Waals surface area contributed by atoms with Crippen molar-refractivity contribution in [1.29, 1.82) is 0 Å². The lowest BCUT2D eigenvalue weighted by molar-refractivity contribution is -0.117. The molecular formula is C16H20N2OS. The molecule has 1 aliphatic rings. The fourth-order valence-corrected chi connectivity index (χ4v) is 3.52. The average Bonchev–Trinajstić information content (AvgIpc) is 2.94. The first-order chi connectivity index (χ1) is 9.69. The highest BCUT2D eigenvalue weighted by molar-refractivity contribution is 8.00. The van der Waals surface area contributed by atoms with Gasteiger partial charge in [0, 0.05) is 22.3 Å². The van der Waals surface area contributed by atoms with Crippen LogP contribution in [-0.4, -0.2) is 17.2 Å². The molecule has 1 aromatic carbocycles. The van der Waals surface area contributed by atoms with Crippen LogP contribution in [0.4, 0.5) is 5.69 Å². The number of hydrogen-bond acceptors (Lipinski definition) is 3. The fourth-order valence-electron chi connectivity index (χ4n) is 2.27. The summed E-state index contributed by atoms with van der Waals surface area (Å²) in [6.45, 7) is 0. The first kappa shape index (κ1) is 15.0. The molecule has 4 heteroatoms. The van der Waals surface area contributed by atoms with Gasteiger partial charge in [0.1, 0.15) is 0 Å². The van der Waals surface area contributed by atoms with Crippen molar-refractivity contribution in [3.63, 3.8) is 0 Å². The number of anilines is 1. The number of thioether (sulfide) groups is 1. The summed E-state index contributed by atoms with van der Waals surface area (Å²) in [5, 5.41) is 3.53. The minimum absolute atomic E-state index is 0.237. The number of carbonyl (C=O) groups excluding carboxylic acids is 1. The van der Waals surface area contributed by atoms with Crippen LogP contribution in [0.15, 0.2) is 29.2 Å². The molecule has 1 unspecified atom stereocenters. The van der Waals surface area contributed by atoms with Gasteiger partial charge in [-0.25, -0.2) is 0 Å². The lowest BCUT2D eigenvalue weighted by Crippen LogP contribution is -2.35. The van der Waals surface area contributed by atoms with E-state index < -0.39 is 6.04 Å². The van der Waals surface area contributed by atoms with E-state index >= 15 is 0 Å². The molecule has 3 N–H and O–H groups in total. The van der Waals surface area contributed by atoms with Gasteiger partial charge in [-0.05, 0) is 37.1 Å². The maximum Gasteiger partial charge on any atom is 0.242 e. The summed E-state index contributed by atoms with van der Waals surface area (Å²) in [5.41, 5.74) is 6.42. The molecule has 1 amide bonds. The van der Waals surface area contributed by atoms with E-state index in [1.165, 1.54) is 30.6 Å². The van der Waals surface area contributed by atoms with Crippen molar-refractivity contribution in [3.8, 4) is 12.3 Å². The first-order valence-corrected chi connectivity index (χ1v) is 7.83. The molecule has 1 saturated carbocycles. The third kappa shape index (κ3) is 4.29. The Morgan fingerprint density at radius 2 is 2.05 bits per heavy atom. The van der Waals surface area contributed by atoms with Gasteiger partial charge >= 0.3 is 0 Å². The van der Waals surface area contributed by atoms with Gasteiger partial charge in [0.05, 0.1) is 6.04 Å². The fraction of sp³-hybridized carbons (Fsp3) is 0.438. The van der Waals surface area contributed by atoms with Crippen LogP contribution >= 0.6 is 11.8 Å². The van der Waals surface area contributed by atoms with Crippen molar-refractivity contribution in [3.05, 3.63) is 24.3 Å². The second-order valence-electron chi connectivity index (χ2n) is 5.05.